The summed E-state index contributed by atoms with van der Waals surface area (Å²) >= 11 is 0. The first-order chi connectivity index (χ1) is 16.2. The van der Waals surface area contributed by atoms with Crippen LogP contribution >= 0.6 is 24.8 Å². The molecule has 6 nitrogen and oxygen atoms in total. The Morgan fingerprint density at radius 1 is 0.833 bits per heavy atom. The molecule has 0 saturated carbocycles. The van der Waals surface area contributed by atoms with Crippen LogP contribution < -0.4 is 10.2 Å². The number of carbonyl (C=O) groups excluding carboxylic acids is 1. The van der Waals surface area contributed by atoms with Gasteiger partial charge in [0.25, 0.3) is 0 Å². The van der Waals surface area contributed by atoms with Gasteiger partial charge in [-0.2, -0.15) is 0 Å². The maximum absolute atomic E-state index is 12.9. The largest absolute Gasteiger partial charge is 0.412 e. The van der Waals surface area contributed by atoms with Gasteiger partial charge in [0.1, 0.15) is 5.54 Å². The van der Waals surface area contributed by atoms with E-state index in [1.165, 1.54) is 35.3 Å². The fraction of sp³-hybridized carbons (Fsp3) is 0.536. The van der Waals surface area contributed by atoms with Gasteiger partial charge in [-0.3, -0.25) is 9.69 Å². The van der Waals surface area contributed by atoms with Crippen molar-refractivity contribution in [2.24, 2.45) is 0 Å². The van der Waals surface area contributed by atoms with E-state index in [0.29, 0.717) is 12.1 Å². The van der Waals surface area contributed by atoms with Crippen LogP contribution in [0.1, 0.15) is 49.7 Å². The molecule has 4 aliphatic heterocycles. The number of rotatable bonds is 4. The van der Waals surface area contributed by atoms with Crippen molar-refractivity contribution in [3.8, 4) is 0 Å². The predicted octanol–water partition coefficient (Wildman–Crippen LogP) is 4.11. The molecule has 6 rings (SSSR count). The van der Waals surface area contributed by atoms with Gasteiger partial charge in [0.05, 0.1) is 6.17 Å². The summed E-state index contributed by atoms with van der Waals surface area (Å²) in [6, 6.07) is 17.8. The Morgan fingerprint density at radius 3 is 2.08 bits per heavy atom. The number of hydrogen-bond donors (Lipinski definition) is 1. The topological polar surface area (TPSA) is 70.3 Å². The number of benzene rings is 2. The van der Waals surface area contributed by atoms with Gasteiger partial charge >= 0.3 is 0 Å². The van der Waals surface area contributed by atoms with Crippen LogP contribution in [0.4, 0.5) is 11.4 Å². The molecule has 1 spiro atoms. The smallest absolute Gasteiger partial charge is 0.241 e. The molecule has 0 bridgehead atoms. The molecule has 0 radical (unpaired) electrons. The first-order valence-electron chi connectivity index (χ1n) is 13.0. The van der Waals surface area contributed by atoms with Gasteiger partial charge in [0.15, 0.2) is 0 Å². The van der Waals surface area contributed by atoms with E-state index in [1.54, 1.807) is 0 Å². The highest BCUT2D eigenvalue weighted by Crippen LogP contribution is 2.39. The van der Waals surface area contributed by atoms with Gasteiger partial charge in [0.2, 0.25) is 5.91 Å². The predicted molar refractivity (Wildman–Crippen MR) is 151 cm³/mol. The first kappa shape index (κ1) is 28.7. The van der Waals surface area contributed by atoms with Crippen molar-refractivity contribution >= 4 is 42.1 Å². The molecule has 3 fully saturated rings. The SMILES string of the molecule is Cl.Cl.O.O=C1NC2CCCCN2C12CCN(CCCN1c3ccccc3CCc3ccccc31)CC2. The second kappa shape index (κ2) is 12.1. The second-order valence-corrected chi connectivity index (χ2v) is 10.3. The number of carbonyl (C=O) groups is 1. The van der Waals surface area contributed by atoms with Gasteiger partial charge in [-0.1, -0.05) is 36.4 Å². The maximum Gasteiger partial charge on any atom is 0.241 e. The fourth-order valence-electron chi connectivity index (χ4n) is 6.73. The molecule has 4 aliphatic rings. The molecule has 1 unspecified atom stereocenters. The Hall–Kier alpha value is -1.83. The number of aryl methyl sites for hydroxylation is 2. The van der Waals surface area contributed by atoms with E-state index in [2.05, 4.69) is 68.5 Å². The molecule has 3 N–H and O–H groups in total. The lowest BCUT2D eigenvalue weighted by atomic mass is 9.85. The average molecular weight is 536 g/mol. The Bertz CT molecular complexity index is 981. The van der Waals surface area contributed by atoms with Gasteiger partial charge in [-0.25, -0.2) is 0 Å². The minimum atomic E-state index is -0.232. The molecule has 3 saturated heterocycles. The minimum absolute atomic E-state index is 0. The molecule has 0 aliphatic carbocycles. The molecule has 2 aromatic rings. The van der Waals surface area contributed by atoms with Gasteiger partial charge in [0, 0.05) is 37.6 Å². The van der Waals surface area contributed by atoms with Crippen molar-refractivity contribution in [2.75, 3.05) is 37.6 Å². The Kier molecular flexibility index (Phi) is 9.69. The molecule has 36 heavy (non-hydrogen) atoms. The number of anilines is 2. The molecule has 8 heteroatoms. The summed E-state index contributed by atoms with van der Waals surface area (Å²) in [5.41, 5.74) is 5.43. The standard InChI is InChI=1S/C28H36N4O.2ClH.H2O/c33-27-28(32-19-6-5-12-26(32)29-27)15-20-30(21-16-28)17-7-18-31-24-10-3-1-8-22(24)13-14-23-9-2-4-11-25(23)31;;;/h1-4,8-11,26H,5-7,12-21H2,(H,29,33);2*1H;1H2. The van der Waals surface area contributed by atoms with Crippen LogP contribution in [-0.2, 0) is 17.6 Å². The lowest BCUT2D eigenvalue weighted by molar-refractivity contribution is -0.129. The number of para-hydroxylation sites is 2. The van der Waals surface area contributed by atoms with Crippen molar-refractivity contribution in [1.29, 1.82) is 0 Å². The quantitative estimate of drug-likeness (QED) is 0.640. The Balaban J connectivity index is 0.00000120. The summed E-state index contributed by atoms with van der Waals surface area (Å²) < 4.78 is 0. The number of halogens is 2. The third kappa shape index (κ3) is 5.11. The molecule has 1 atom stereocenters. The van der Waals surface area contributed by atoms with Crippen LogP contribution in [0.3, 0.4) is 0 Å². The van der Waals surface area contributed by atoms with Crippen molar-refractivity contribution in [3.05, 3.63) is 59.7 Å². The van der Waals surface area contributed by atoms with Crippen LogP contribution in [0, 0.1) is 0 Å². The van der Waals surface area contributed by atoms with E-state index in [0.717, 1.165) is 71.2 Å². The third-order valence-corrected chi connectivity index (χ3v) is 8.54. The number of likely N-dealkylation sites (tertiary alicyclic amines) is 1. The summed E-state index contributed by atoms with van der Waals surface area (Å²) in [5, 5.41) is 3.30. The molecule has 2 aromatic carbocycles. The van der Waals surface area contributed by atoms with E-state index in [1.807, 2.05) is 0 Å². The Labute approximate surface area is 227 Å². The molecular weight excluding hydrogens is 495 g/mol. The molecule has 0 aromatic heterocycles. The van der Waals surface area contributed by atoms with Gasteiger partial charge in [-0.15, -0.1) is 24.8 Å². The number of nitrogens with one attached hydrogen (secondary N) is 1. The normalized spacial score (nSPS) is 22.6. The summed E-state index contributed by atoms with van der Waals surface area (Å²) in [6.45, 7) is 5.27. The van der Waals surface area contributed by atoms with E-state index >= 15 is 0 Å². The average Bonchev–Trinajstić information content (AvgIpc) is 3.02. The number of nitrogens with zero attached hydrogens (tertiary/aromatic N) is 3. The summed E-state index contributed by atoms with van der Waals surface area (Å²) in [6.07, 6.45) is 9.19. The lowest BCUT2D eigenvalue weighted by Crippen LogP contribution is -2.58. The van der Waals surface area contributed by atoms with E-state index in [-0.39, 0.29) is 35.8 Å². The van der Waals surface area contributed by atoms with E-state index in [9.17, 15) is 4.79 Å². The van der Waals surface area contributed by atoms with E-state index in [4.69, 9.17) is 0 Å². The molecule has 198 valence electrons. The zero-order valence-electron chi connectivity index (χ0n) is 21.0. The highest BCUT2D eigenvalue weighted by atomic mass is 35.5. The summed E-state index contributed by atoms with van der Waals surface area (Å²) in [7, 11) is 0. The second-order valence-electron chi connectivity index (χ2n) is 10.3. The fourth-order valence-corrected chi connectivity index (χ4v) is 6.73. The monoisotopic (exact) mass is 534 g/mol. The van der Waals surface area contributed by atoms with Crippen LogP contribution in [0.15, 0.2) is 48.5 Å². The Morgan fingerprint density at radius 2 is 1.44 bits per heavy atom. The van der Waals surface area contributed by atoms with E-state index < -0.39 is 0 Å². The minimum Gasteiger partial charge on any atom is -0.412 e. The van der Waals surface area contributed by atoms with Crippen LogP contribution in [-0.4, -0.2) is 65.6 Å². The number of amides is 1. The highest BCUT2D eigenvalue weighted by molar-refractivity contribution is 5.89. The van der Waals surface area contributed by atoms with Crippen molar-refractivity contribution in [1.82, 2.24) is 15.1 Å². The maximum atomic E-state index is 12.9. The third-order valence-electron chi connectivity index (χ3n) is 8.54. The van der Waals surface area contributed by atoms with Crippen molar-refractivity contribution < 1.29 is 10.3 Å². The van der Waals surface area contributed by atoms with Crippen LogP contribution in [0.2, 0.25) is 0 Å². The summed E-state index contributed by atoms with van der Waals surface area (Å²) in [4.78, 5) is 20.6. The molecular formula is C28H40Cl2N4O2. The number of piperidine rings is 2. The van der Waals surface area contributed by atoms with Gasteiger partial charge in [-0.05, 0) is 81.2 Å². The van der Waals surface area contributed by atoms with Crippen molar-refractivity contribution in [2.45, 2.75) is 63.1 Å². The van der Waals surface area contributed by atoms with Crippen LogP contribution in [0.25, 0.3) is 0 Å². The molecule has 1 amide bonds. The zero-order chi connectivity index (χ0) is 22.3. The highest BCUT2D eigenvalue weighted by Gasteiger charge is 2.54. The first-order valence-corrected chi connectivity index (χ1v) is 13.0. The van der Waals surface area contributed by atoms with Gasteiger partial charge < -0.3 is 20.6 Å². The van der Waals surface area contributed by atoms with Crippen LogP contribution in [0.5, 0.6) is 0 Å². The van der Waals surface area contributed by atoms with Crippen molar-refractivity contribution in [3.63, 3.8) is 0 Å². The molecule has 4 heterocycles. The summed E-state index contributed by atoms with van der Waals surface area (Å²) in [5.74, 6) is 0.298. The lowest BCUT2D eigenvalue weighted by Gasteiger charge is -2.45. The number of fused-ring (bicyclic) bond motifs is 4. The zero-order valence-corrected chi connectivity index (χ0v) is 22.6. The number of hydrogen-bond acceptors (Lipinski definition) is 4.